The molecule has 2 heterocycles. The van der Waals surface area contributed by atoms with Gasteiger partial charge in [0.05, 0.1) is 17.9 Å². The van der Waals surface area contributed by atoms with Crippen molar-refractivity contribution in [3.63, 3.8) is 0 Å². The molecular weight excluding hydrogens is 298 g/mol. The van der Waals surface area contributed by atoms with Gasteiger partial charge in [-0.1, -0.05) is 30.8 Å². The van der Waals surface area contributed by atoms with E-state index in [-0.39, 0.29) is 12.3 Å². The van der Waals surface area contributed by atoms with Gasteiger partial charge in [-0.2, -0.15) is 4.98 Å². The lowest BCUT2D eigenvalue weighted by atomic mass is 10.2. The van der Waals surface area contributed by atoms with E-state index in [9.17, 15) is 4.79 Å². The Balaban J connectivity index is 1.98. The topological polar surface area (TPSA) is 89.1 Å². The Labute approximate surface area is 124 Å². The zero-order valence-electron chi connectivity index (χ0n) is 11.4. The van der Waals surface area contributed by atoms with Crippen LogP contribution in [0.25, 0.3) is 0 Å². The van der Waals surface area contributed by atoms with Crippen molar-refractivity contribution >= 4 is 29.1 Å². The van der Waals surface area contributed by atoms with Gasteiger partial charge in [-0.3, -0.25) is 4.79 Å². The van der Waals surface area contributed by atoms with Crippen LogP contribution in [0.4, 0.5) is 0 Å². The summed E-state index contributed by atoms with van der Waals surface area (Å²) in [6, 6.07) is 0. The molecule has 0 bridgehead atoms. The van der Waals surface area contributed by atoms with Gasteiger partial charge in [0.25, 0.3) is 0 Å². The number of aliphatic carboxylic acids is 1. The first-order valence-corrected chi connectivity index (χ1v) is 7.89. The predicted octanol–water partition coefficient (Wildman–Crippen LogP) is 2.88. The molecule has 0 saturated heterocycles. The summed E-state index contributed by atoms with van der Waals surface area (Å²) >= 11 is 2.90. The van der Waals surface area contributed by atoms with Gasteiger partial charge < -0.3 is 9.63 Å². The number of nitrogens with zero attached hydrogens (tertiary/aromatic N) is 3. The number of carboxylic acids is 1. The highest BCUT2D eigenvalue weighted by atomic mass is 32.2. The number of aryl methyl sites for hydroxylation is 1. The molecule has 0 saturated carbocycles. The first-order valence-electron chi connectivity index (χ1n) is 6.09. The lowest BCUT2D eigenvalue weighted by molar-refractivity contribution is -0.136. The van der Waals surface area contributed by atoms with Crippen LogP contribution in [0.1, 0.15) is 42.1 Å². The number of carbonyl (C=O) groups is 1. The van der Waals surface area contributed by atoms with Gasteiger partial charge >= 0.3 is 5.97 Å². The lowest BCUT2D eigenvalue weighted by Gasteiger charge is -1.93. The van der Waals surface area contributed by atoms with Gasteiger partial charge in [0.1, 0.15) is 0 Å². The van der Waals surface area contributed by atoms with Gasteiger partial charge in [0.2, 0.25) is 5.89 Å². The Morgan fingerprint density at radius 2 is 2.20 bits per heavy atom. The molecule has 2 aromatic heterocycles. The molecule has 2 aromatic rings. The first-order chi connectivity index (χ1) is 9.45. The van der Waals surface area contributed by atoms with E-state index in [1.165, 1.54) is 23.1 Å². The Morgan fingerprint density at radius 3 is 2.80 bits per heavy atom. The van der Waals surface area contributed by atoms with Crippen molar-refractivity contribution in [2.75, 3.05) is 0 Å². The van der Waals surface area contributed by atoms with Gasteiger partial charge in [-0.25, -0.2) is 4.98 Å². The summed E-state index contributed by atoms with van der Waals surface area (Å²) in [4.78, 5) is 20.1. The average molecular weight is 313 g/mol. The fraction of sp³-hybridized carbons (Fsp3) is 0.500. The van der Waals surface area contributed by atoms with E-state index in [1.54, 1.807) is 0 Å². The van der Waals surface area contributed by atoms with Gasteiger partial charge in [-0.05, 0) is 6.92 Å². The average Bonchev–Trinajstić information content (AvgIpc) is 2.94. The van der Waals surface area contributed by atoms with Crippen LogP contribution in [0, 0.1) is 6.92 Å². The number of rotatable bonds is 6. The number of thioether (sulfide) groups is 1. The Bertz CT molecular complexity index is 607. The zero-order valence-corrected chi connectivity index (χ0v) is 13.0. The second kappa shape index (κ2) is 6.36. The SMILES string of the molecule is Cc1nc(SCc2noc(C(C)C)n2)sc1CC(=O)O. The predicted molar refractivity (Wildman–Crippen MR) is 76.1 cm³/mol. The minimum Gasteiger partial charge on any atom is -0.481 e. The molecule has 0 aliphatic rings. The van der Waals surface area contributed by atoms with Crippen LogP contribution in [0.2, 0.25) is 0 Å². The number of aromatic nitrogens is 3. The van der Waals surface area contributed by atoms with Crippen molar-refractivity contribution in [1.82, 2.24) is 15.1 Å². The number of carboxylic acid groups (broad SMARTS) is 1. The molecule has 0 radical (unpaired) electrons. The van der Waals surface area contributed by atoms with Crippen LogP contribution in [0.5, 0.6) is 0 Å². The highest BCUT2D eigenvalue weighted by Crippen LogP contribution is 2.29. The molecule has 0 atom stereocenters. The van der Waals surface area contributed by atoms with E-state index in [4.69, 9.17) is 9.63 Å². The normalized spacial score (nSPS) is 11.2. The van der Waals surface area contributed by atoms with Crippen LogP contribution in [0.15, 0.2) is 8.86 Å². The van der Waals surface area contributed by atoms with E-state index >= 15 is 0 Å². The molecule has 6 nitrogen and oxygen atoms in total. The van der Waals surface area contributed by atoms with E-state index < -0.39 is 5.97 Å². The summed E-state index contributed by atoms with van der Waals surface area (Å²) in [5.74, 6) is 1.20. The smallest absolute Gasteiger partial charge is 0.308 e. The molecule has 1 N–H and O–H groups in total. The third kappa shape index (κ3) is 3.80. The molecule has 108 valence electrons. The summed E-state index contributed by atoms with van der Waals surface area (Å²) < 4.78 is 5.96. The third-order valence-electron chi connectivity index (χ3n) is 2.49. The number of hydrogen-bond acceptors (Lipinski definition) is 7. The summed E-state index contributed by atoms with van der Waals surface area (Å²) in [6.45, 7) is 5.81. The van der Waals surface area contributed by atoms with E-state index in [0.717, 1.165) is 14.9 Å². The minimum absolute atomic E-state index is 0.0176. The van der Waals surface area contributed by atoms with Crippen LogP contribution >= 0.6 is 23.1 Å². The van der Waals surface area contributed by atoms with Crippen LogP contribution in [0.3, 0.4) is 0 Å². The lowest BCUT2D eigenvalue weighted by Crippen LogP contribution is -1.99. The summed E-state index contributed by atoms with van der Waals surface area (Å²) in [6.07, 6.45) is 0.0176. The maximum absolute atomic E-state index is 10.7. The highest BCUT2D eigenvalue weighted by molar-refractivity contribution is 8.00. The molecule has 0 aliphatic carbocycles. The van der Waals surface area contributed by atoms with Gasteiger partial charge in [-0.15, -0.1) is 11.3 Å². The molecule has 0 fully saturated rings. The Morgan fingerprint density at radius 1 is 1.45 bits per heavy atom. The minimum atomic E-state index is -0.840. The second-order valence-electron chi connectivity index (χ2n) is 4.55. The fourth-order valence-electron chi connectivity index (χ4n) is 1.45. The van der Waals surface area contributed by atoms with Crippen molar-refractivity contribution in [1.29, 1.82) is 0 Å². The molecular formula is C12H15N3O3S2. The second-order valence-corrected chi connectivity index (χ2v) is 6.86. The van der Waals surface area contributed by atoms with Crippen molar-refractivity contribution in [3.8, 4) is 0 Å². The third-order valence-corrected chi connectivity index (χ3v) is 4.78. The van der Waals surface area contributed by atoms with Crippen molar-refractivity contribution < 1.29 is 14.4 Å². The number of hydrogen-bond donors (Lipinski definition) is 1. The standard InChI is InChI=1S/C12H15N3O3S2/c1-6(2)11-14-9(15-18-11)5-19-12-13-7(3)8(20-12)4-10(16)17/h6H,4-5H2,1-3H3,(H,16,17). The maximum atomic E-state index is 10.7. The summed E-state index contributed by atoms with van der Waals surface area (Å²) in [5, 5.41) is 12.7. The molecule has 0 aromatic carbocycles. The molecule has 2 rings (SSSR count). The summed E-state index contributed by atoms with van der Waals surface area (Å²) in [5.41, 5.74) is 0.774. The van der Waals surface area contributed by atoms with Crippen LogP contribution in [-0.2, 0) is 17.0 Å². The fourth-order valence-corrected chi connectivity index (χ4v) is 3.52. The monoisotopic (exact) mass is 313 g/mol. The largest absolute Gasteiger partial charge is 0.481 e. The van der Waals surface area contributed by atoms with Gasteiger partial charge in [0, 0.05) is 10.8 Å². The maximum Gasteiger partial charge on any atom is 0.308 e. The molecule has 20 heavy (non-hydrogen) atoms. The highest BCUT2D eigenvalue weighted by Gasteiger charge is 2.14. The quantitative estimate of drug-likeness (QED) is 0.820. The Hall–Kier alpha value is -1.41. The Kier molecular flexibility index (Phi) is 4.77. The number of thiazole rings is 1. The zero-order chi connectivity index (χ0) is 14.7. The van der Waals surface area contributed by atoms with Crippen molar-refractivity contribution in [3.05, 3.63) is 22.3 Å². The molecule has 0 spiro atoms. The van der Waals surface area contributed by atoms with Crippen molar-refractivity contribution in [2.45, 2.75) is 43.2 Å². The van der Waals surface area contributed by atoms with E-state index in [0.29, 0.717) is 17.5 Å². The van der Waals surface area contributed by atoms with Crippen LogP contribution in [-0.4, -0.2) is 26.2 Å². The molecule has 0 aliphatic heterocycles. The molecule has 8 heteroatoms. The summed E-state index contributed by atoms with van der Waals surface area (Å²) in [7, 11) is 0. The van der Waals surface area contributed by atoms with Gasteiger partial charge in [0.15, 0.2) is 10.2 Å². The first kappa shape index (κ1) is 15.0. The van der Waals surface area contributed by atoms with E-state index in [1.807, 2.05) is 20.8 Å². The molecule has 0 amide bonds. The van der Waals surface area contributed by atoms with Crippen molar-refractivity contribution in [2.24, 2.45) is 0 Å². The molecule has 0 unspecified atom stereocenters. The van der Waals surface area contributed by atoms with Crippen LogP contribution < -0.4 is 0 Å². The van der Waals surface area contributed by atoms with E-state index in [2.05, 4.69) is 15.1 Å².